The van der Waals surface area contributed by atoms with Crippen molar-refractivity contribution in [1.82, 2.24) is 5.32 Å². The standard InChI is InChI=1S/C16H23NO2/c1-2-3-10-18-14-4-5-15-13(11-14)6-7-16(19-15)8-9-17-12-16/h4-5,11,17H,2-3,6-10,12H2,1H3. The number of aryl methyl sites for hydroxylation is 1. The second kappa shape index (κ2) is 5.41. The van der Waals surface area contributed by atoms with Gasteiger partial charge in [-0.3, -0.25) is 0 Å². The van der Waals surface area contributed by atoms with Crippen molar-refractivity contribution in [3.05, 3.63) is 23.8 Å². The van der Waals surface area contributed by atoms with Gasteiger partial charge in [0.05, 0.1) is 6.61 Å². The molecule has 1 unspecified atom stereocenters. The van der Waals surface area contributed by atoms with Crippen LogP contribution >= 0.6 is 0 Å². The summed E-state index contributed by atoms with van der Waals surface area (Å²) in [7, 11) is 0. The van der Waals surface area contributed by atoms with Gasteiger partial charge >= 0.3 is 0 Å². The first-order chi connectivity index (χ1) is 9.31. The van der Waals surface area contributed by atoms with Gasteiger partial charge in [0.2, 0.25) is 0 Å². The van der Waals surface area contributed by atoms with Crippen LogP contribution < -0.4 is 14.8 Å². The molecular weight excluding hydrogens is 238 g/mol. The average molecular weight is 261 g/mol. The van der Waals surface area contributed by atoms with Gasteiger partial charge in [-0.05, 0) is 49.6 Å². The van der Waals surface area contributed by atoms with Gasteiger partial charge in [-0.1, -0.05) is 13.3 Å². The molecule has 19 heavy (non-hydrogen) atoms. The zero-order chi connectivity index (χ0) is 13.1. The quantitative estimate of drug-likeness (QED) is 0.845. The minimum atomic E-state index is 0.0532. The van der Waals surface area contributed by atoms with Crippen LogP contribution in [0.1, 0.15) is 38.2 Å². The van der Waals surface area contributed by atoms with E-state index < -0.39 is 0 Å². The molecule has 104 valence electrons. The van der Waals surface area contributed by atoms with Gasteiger partial charge in [0.15, 0.2) is 0 Å². The maximum Gasteiger partial charge on any atom is 0.123 e. The second-order valence-corrected chi connectivity index (χ2v) is 5.68. The number of rotatable bonds is 4. The first-order valence-corrected chi connectivity index (χ1v) is 7.47. The van der Waals surface area contributed by atoms with Crippen molar-refractivity contribution >= 4 is 0 Å². The Kier molecular flexibility index (Phi) is 3.65. The Morgan fingerprint density at radius 2 is 2.32 bits per heavy atom. The molecule has 0 saturated carbocycles. The summed E-state index contributed by atoms with van der Waals surface area (Å²) in [6, 6.07) is 6.27. The molecule has 0 amide bonds. The van der Waals surface area contributed by atoms with Crippen molar-refractivity contribution in [3.63, 3.8) is 0 Å². The van der Waals surface area contributed by atoms with Crippen molar-refractivity contribution < 1.29 is 9.47 Å². The smallest absolute Gasteiger partial charge is 0.123 e. The van der Waals surface area contributed by atoms with Crippen LogP contribution in [0.3, 0.4) is 0 Å². The Labute approximate surface area is 115 Å². The predicted molar refractivity (Wildman–Crippen MR) is 76.0 cm³/mol. The molecule has 1 atom stereocenters. The molecule has 0 aromatic heterocycles. The monoisotopic (exact) mass is 261 g/mol. The highest BCUT2D eigenvalue weighted by Crippen LogP contribution is 2.38. The lowest BCUT2D eigenvalue weighted by Gasteiger charge is -2.35. The highest BCUT2D eigenvalue weighted by molar-refractivity contribution is 5.42. The average Bonchev–Trinajstić information content (AvgIpc) is 2.87. The molecule has 0 radical (unpaired) electrons. The van der Waals surface area contributed by atoms with E-state index in [0.29, 0.717) is 0 Å². The van der Waals surface area contributed by atoms with E-state index >= 15 is 0 Å². The van der Waals surface area contributed by atoms with Crippen LogP contribution in [0, 0.1) is 0 Å². The number of fused-ring (bicyclic) bond motifs is 1. The lowest BCUT2D eigenvalue weighted by atomic mass is 9.90. The number of hydrogen-bond donors (Lipinski definition) is 1. The van der Waals surface area contributed by atoms with E-state index in [-0.39, 0.29) is 5.60 Å². The largest absolute Gasteiger partial charge is 0.494 e. The van der Waals surface area contributed by atoms with E-state index in [4.69, 9.17) is 9.47 Å². The summed E-state index contributed by atoms with van der Waals surface area (Å²) < 4.78 is 12.0. The first kappa shape index (κ1) is 12.8. The zero-order valence-electron chi connectivity index (χ0n) is 11.7. The van der Waals surface area contributed by atoms with E-state index in [1.165, 1.54) is 12.0 Å². The number of unbranched alkanes of at least 4 members (excludes halogenated alkanes) is 1. The summed E-state index contributed by atoms with van der Waals surface area (Å²) in [6.45, 7) is 5.05. The second-order valence-electron chi connectivity index (χ2n) is 5.68. The van der Waals surface area contributed by atoms with Crippen molar-refractivity contribution in [2.45, 2.75) is 44.6 Å². The Morgan fingerprint density at radius 1 is 1.37 bits per heavy atom. The molecule has 1 fully saturated rings. The normalized spacial score (nSPS) is 25.1. The lowest BCUT2D eigenvalue weighted by molar-refractivity contribution is 0.0662. The van der Waals surface area contributed by atoms with E-state index in [0.717, 1.165) is 56.9 Å². The molecule has 0 aliphatic carbocycles. The number of benzene rings is 1. The van der Waals surface area contributed by atoms with Gasteiger partial charge in [0.1, 0.15) is 17.1 Å². The van der Waals surface area contributed by atoms with Gasteiger partial charge in [-0.15, -0.1) is 0 Å². The van der Waals surface area contributed by atoms with Crippen molar-refractivity contribution in [2.75, 3.05) is 19.7 Å². The van der Waals surface area contributed by atoms with Crippen LogP contribution in [0.15, 0.2) is 18.2 Å². The first-order valence-electron chi connectivity index (χ1n) is 7.47. The number of ether oxygens (including phenoxy) is 2. The molecule has 0 bridgehead atoms. The van der Waals surface area contributed by atoms with Gasteiger partial charge in [0, 0.05) is 13.0 Å². The zero-order valence-corrected chi connectivity index (χ0v) is 11.7. The van der Waals surface area contributed by atoms with Crippen molar-refractivity contribution in [3.8, 4) is 11.5 Å². The van der Waals surface area contributed by atoms with E-state index in [1.807, 2.05) is 6.07 Å². The van der Waals surface area contributed by atoms with Crippen molar-refractivity contribution in [2.24, 2.45) is 0 Å². The minimum absolute atomic E-state index is 0.0532. The highest BCUT2D eigenvalue weighted by Gasteiger charge is 2.38. The fraction of sp³-hybridized carbons (Fsp3) is 0.625. The number of hydrogen-bond acceptors (Lipinski definition) is 3. The topological polar surface area (TPSA) is 30.5 Å². The third kappa shape index (κ3) is 2.71. The maximum atomic E-state index is 6.24. The molecule has 3 rings (SSSR count). The molecule has 3 heteroatoms. The summed E-state index contributed by atoms with van der Waals surface area (Å²) in [5.41, 5.74) is 1.35. The third-order valence-electron chi connectivity index (χ3n) is 4.18. The van der Waals surface area contributed by atoms with Crippen LogP contribution in [0.4, 0.5) is 0 Å². The Bertz CT molecular complexity index is 438. The van der Waals surface area contributed by atoms with E-state index in [9.17, 15) is 0 Å². The Morgan fingerprint density at radius 3 is 3.11 bits per heavy atom. The molecule has 1 spiro atoms. The van der Waals surface area contributed by atoms with E-state index in [1.54, 1.807) is 0 Å². The van der Waals surface area contributed by atoms with Crippen LogP contribution in [0.2, 0.25) is 0 Å². The van der Waals surface area contributed by atoms with Crippen LogP contribution in [-0.4, -0.2) is 25.3 Å². The van der Waals surface area contributed by atoms with Gasteiger partial charge in [-0.25, -0.2) is 0 Å². The molecule has 1 aromatic carbocycles. The SMILES string of the molecule is CCCCOc1ccc2c(c1)CCC1(CCNC1)O2. The summed E-state index contributed by atoms with van der Waals surface area (Å²) in [6.07, 6.45) is 5.63. The molecule has 1 saturated heterocycles. The summed E-state index contributed by atoms with van der Waals surface area (Å²) >= 11 is 0. The highest BCUT2D eigenvalue weighted by atomic mass is 16.5. The molecule has 2 aliphatic heterocycles. The summed E-state index contributed by atoms with van der Waals surface area (Å²) in [5, 5.41) is 3.41. The molecule has 3 nitrogen and oxygen atoms in total. The lowest BCUT2D eigenvalue weighted by Crippen LogP contribution is -2.41. The molecule has 2 aliphatic rings. The Hall–Kier alpha value is -1.22. The Balaban J connectivity index is 1.69. The van der Waals surface area contributed by atoms with Gasteiger partial charge < -0.3 is 14.8 Å². The molecule has 2 heterocycles. The van der Waals surface area contributed by atoms with Crippen LogP contribution in [0.25, 0.3) is 0 Å². The maximum absolute atomic E-state index is 6.24. The summed E-state index contributed by atoms with van der Waals surface area (Å²) in [4.78, 5) is 0. The van der Waals surface area contributed by atoms with Gasteiger partial charge in [-0.2, -0.15) is 0 Å². The third-order valence-corrected chi connectivity index (χ3v) is 4.18. The van der Waals surface area contributed by atoms with Gasteiger partial charge in [0.25, 0.3) is 0 Å². The number of nitrogens with one attached hydrogen (secondary N) is 1. The molecular formula is C16H23NO2. The minimum Gasteiger partial charge on any atom is -0.494 e. The van der Waals surface area contributed by atoms with E-state index in [2.05, 4.69) is 24.4 Å². The van der Waals surface area contributed by atoms with Crippen LogP contribution in [0.5, 0.6) is 11.5 Å². The van der Waals surface area contributed by atoms with Crippen molar-refractivity contribution in [1.29, 1.82) is 0 Å². The van der Waals surface area contributed by atoms with Crippen LogP contribution in [-0.2, 0) is 6.42 Å². The fourth-order valence-electron chi connectivity index (χ4n) is 2.94. The predicted octanol–water partition coefficient (Wildman–Crippen LogP) is 2.92. The molecule has 1 aromatic rings. The fourth-order valence-corrected chi connectivity index (χ4v) is 2.94. The molecule has 1 N–H and O–H groups in total. The summed E-state index contributed by atoms with van der Waals surface area (Å²) in [5.74, 6) is 2.04.